The second-order valence-corrected chi connectivity index (χ2v) is 7.56. The lowest BCUT2D eigenvalue weighted by Gasteiger charge is -2.27. The van der Waals surface area contributed by atoms with Crippen LogP contribution in [0.3, 0.4) is 0 Å². The fraction of sp³-hybridized carbons (Fsp3) is 0.312. The van der Waals surface area contributed by atoms with E-state index in [0.717, 1.165) is 16.4 Å². The summed E-state index contributed by atoms with van der Waals surface area (Å²) in [5.41, 5.74) is -2.52. The fourth-order valence-corrected chi connectivity index (χ4v) is 4.42. The smallest absolute Gasteiger partial charge is 0.258 e. The molecule has 1 aromatic heterocycles. The zero-order chi connectivity index (χ0) is 21.3. The third kappa shape index (κ3) is 4.12. The van der Waals surface area contributed by atoms with Gasteiger partial charge in [0.05, 0.1) is 22.2 Å². The third-order valence-corrected chi connectivity index (χ3v) is 6.08. The van der Waals surface area contributed by atoms with Gasteiger partial charge in [0.25, 0.3) is 15.7 Å². The van der Waals surface area contributed by atoms with Gasteiger partial charge in [-0.1, -0.05) is 19.1 Å². The molecule has 2 rings (SSSR count). The van der Waals surface area contributed by atoms with Crippen LogP contribution < -0.4 is 0 Å². The quantitative estimate of drug-likeness (QED) is 0.400. The van der Waals surface area contributed by atoms with Crippen molar-refractivity contribution in [2.75, 3.05) is 6.54 Å². The summed E-state index contributed by atoms with van der Waals surface area (Å²) >= 11 is 0. The minimum Gasteiger partial charge on any atom is -0.258 e. The Morgan fingerprint density at radius 2 is 1.89 bits per heavy atom. The molecule has 0 saturated carbocycles. The topological polar surface area (TPSA) is 93.4 Å². The molecule has 0 unspecified atom stereocenters. The normalized spacial score (nSPS) is 13.5. The highest BCUT2D eigenvalue weighted by atomic mass is 32.2. The van der Waals surface area contributed by atoms with Crippen LogP contribution in [0.15, 0.2) is 41.4 Å². The number of aromatic nitrogens is 1. The summed E-state index contributed by atoms with van der Waals surface area (Å²) in [6.45, 7) is 2.41. The summed E-state index contributed by atoms with van der Waals surface area (Å²) in [5.74, 6) is -1.33. The van der Waals surface area contributed by atoms with Crippen molar-refractivity contribution in [1.29, 1.82) is 0 Å². The second-order valence-electron chi connectivity index (χ2n) is 5.70. The molecule has 0 saturated heterocycles. The van der Waals surface area contributed by atoms with Crippen LogP contribution in [0.2, 0.25) is 0 Å². The largest absolute Gasteiger partial charge is 0.417 e. The highest BCUT2D eigenvalue weighted by Gasteiger charge is 2.37. The number of nitro groups is 1. The first-order valence-electron chi connectivity index (χ1n) is 7.89. The summed E-state index contributed by atoms with van der Waals surface area (Å²) in [6.07, 6.45) is -4.41. The number of hydrogen-bond donors (Lipinski definition) is 0. The van der Waals surface area contributed by atoms with Gasteiger partial charge in [-0.3, -0.25) is 15.1 Å². The molecule has 0 amide bonds. The Hall–Kier alpha value is -2.60. The number of hydrogen-bond acceptors (Lipinski definition) is 5. The predicted molar refractivity (Wildman–Crippen MR) is 90.3 cm³/mol. The van der Waals surface area contributed by atoms with Gasteiger partial charge in [-0.2, -0.15) is 17.5 Å². The minimum atomic E-state index is -4.81. The van der Waals surface area contributed by atoms with Crippen molar-refractivity contribution in [3.8, 4) is 0 Å². The number of nitro benzene ring substituents is 1. The Bertz CT molecular complexity index is 996. The van der Waals surface area contributed by atoms with E-state index < -0.39 is 54.8 Å². The van der Waals surface area contributed by atoms with Gasteiger partial charge in [-0.05, 0) is 19.1 Å². The maximum atomic E-state index is 14.2. The highest BCUT2D eigenvalue weighted by Crippen LogP contribution is 2.34. The molecule has 0 fully saturated rings. The summed E-state index contributed by atoms with van der Waals surface area (Å²) in [5, 5.41) is 11.1. The van der Waals surface area contributed by atoms with E-state index in [2.05, 4.69) is 4.98 Å². The first-order valence-corrected chi connectivity index (χ1v) is 9.33. The van der Waals surface area contributed by atoms with E-state index in [1.807, 2.05) is 0 Å². The Labute approximate surface area is 157 Å². The van der Waals surface area contributed by atoms with Crippen LogP contribution in [0.1, 0.15) is 31.1 Å². The average molecular weight is 421 g/mol. The number of pyridine rings is 1. The van der Waals surface area contributed by atoms with Crippen molar-refractivity contribution < 1.29 is 30.9 Å². The van der Waals surface area contributed by atoms with Crippen LogP contribution in [0, 0.1) is 15.9 Å². The molecule has 0 aliphatic rings. The maximum Gasteiger partial charge on any atom is 0.417 e. The number of nitrogens with zero attached hydrogens (tertiary/aromatic N) is 3. The van der Waals surface area contributed by atoms with Gasteiger partial charge in [-0.25, -0.2) is 12.8 Å². The van der Waals surface area contributed by atoms with E-state index in [-0.39, 0.29) is 12.6 Å². The molecule has 1 atom stereocenters. The molecule has 0 radical (unpaired) electrons. The Kier molecular flexibility index (Phi) is 6.04. The monoisotopic (exact) mass is 421 g/mol. The van der Waals surface area contributed by atoms with Crippen molar-refractivity contribution in [3.63, 3.8) is 0 Å². The number of para-hydroxylation sites is 1. The number of alkyl halides is 3. The standard InChI is InChI=1S/C16H15F4N3O4S/c1-3-22(28(26,27)14-7-5-4-6-13(14)23(24)25)10(2)15-12(17)8-11(9-21-15)16(18,19)20/h4-10H,3H2,1-2H3/t10-/m1/s1. The highest BCUT2D eigenvalue weighted by molar-refractivity contribution is 7.89. The van der Waals surface area contributed by atoms with Crippen LogP contribution in [0.5, 0.6) is 0 Å². The molecule has 0 spiro atoms. The lowest BCUT2D eigenvalue weighted by Crippen LogP contribution is -2.34. The van der Waals surface area contributed by atoms with Crippen LogP contribution in [0.4, 0.5) is 23.2 Å². The van der Waals surface area contributed by atoms with Crippen LogP contribution in [0.25, 0.3) is 0 Å². The van der Waals surface area contributed by atoms with E-state index in [9.17, 15) is 36.1 Å². The molecule has 12 heteroatoms. The molecule has 28 heavy (non-hydrogen) atoms. The molecule has 152 valence electrons. The second kappa shape index (κ2) is 7.80. The van der Waals surface area contributed by atoms with E-state index in [1.54, 1.807) is 0 Å². The lowest BCUT2D eigenvalue weighted by atomic mass is 10.1. The molecule has 1 heterocycles. The lowest BCUT2D eigenvalue weighted by molar-refractivity contribution is -0.387. The first-order chi connectivity index (χ1) is 12.9. The Morgan fingerprint density at radius 1 is 1.29 bits per heavy atom. The van der Waals surface area contributed by atoms with Crippen molar-refractivity contribution in [2.24, 2.45) is 0 Å². The van der Waals surface area contributed by atoms with Crippen molar-refractivity contribution >= 4 is 15.7 Å². The molecule has 0 aliphatic carbocycles. The van der Waals surface area contributed by atoms with Crippen molar-refractivity contribution in [3.05, 3.63) is 63.7 Å². The summed E-state index contributed by atoms with van der Waals surface area (Å²) < 4.78 is 78.9. The van der Waals surface area contributed by atoms with Crippen LogP contribution in [-0.4, -0.2) is 29.2 Å². The van der Waals surface area contributed by atoms with Crippen molar-refractivity contribution in [1.82, 2.24) is 9.29 Å². The first kappa shape index (κ1) is 21.7. The molecule has 0 aliphatic heterocycles. The molecular weight excluding hydrogens is 406 g/mol. The molecule has 1 aromatic carbocycles. The summed E-state index contributed by atoms with van der Waals surface area (Å²) in [6, 6.07) is 3.52. The van der Waals surface area contributed by atoms with Gasteiger partial charge in [0.1, 0.15) is 5.82 Å². The number of rotatable bonds is 6. The van der Waals surface area contributed by atoms with Crippen LogP contribution >= 0.6 is 0 Å². The molecule has 7 nitrogen and oxygen atoms in total. The van der Waals surface area contributed by atoms with Gasteiger partial charge in [0, 0.05) is 18.8 Å². The van der Waals surface area contributed by atoms with E-state index in [0.29, 0.717) is 6.20 Å². The van der Waals surface area contributed by atoms with Crippen molar-refractivity contribution in [2.45, 2.75) is 31.0 Å². The van der Waals surface area contributed by atoms with Gasteiger partial charge in [0.15, 0.2) is 4.90 Å². The predicted octanol–water partition coefficient (Wildman–Crippen LogP) is 3.92. The van der Waals surface area contributed by atoms with Gasteiger partial charge in [0.2, 0.25) is 0 Å². The Balaban J connectivity index is 2.52. The molecule has 0 bridgehead atoms. The van der Waals surface area contributed by atoms with E-state index >= 15 is 0 Å². The van der Waals surface area contributed by atoms with Gasteiger partial charge >= 0.3 is 6.18 Å². The fourth-order valence-electron chi connectivity index (χ4n) is 2.65. The third-order valence-electron chi connectivity index (χ3n) is 3.98. The number of benzene rings is 1. The molecular formula is C16H15F4N3O4S. The van der Waals surface area contributed by atoms with E-state index in [4.69, 9.17) is 0 Å². The molecule has 2 aromatic rings. The summed E-state index contributed by atoms with van der Waals surface area (Å²) in [7, 11) is -4.47. The number of sulfonamides is 1. The Morgan fingerprint density at radius 3 is 2.39 bits per heavy atom. The zero-order valence-corrected chi connectivity index (χ0v) is 15.5. The average Bonchev–Trinajstić information content (AvgIpc) is 2.61. The van der Waals surface area contributed by atoms with Crippen LogP contribution in [-0.2, 0) is 16.2 Å². The summed E-state index contributed by atoms with van der Waals surface area (Å²) in [4.78, 5) is 13.1. The SMILES string of the molecule is CCN([C@H](C)c1ncc(C(F)(F)F)cc1F)S(=O)(=O)c1ccccc1[N+](=O)[O-]. The minimum absolute atomic E-state index is 0.225. The zero-order valence-electron chi connectivity index (χ0n) is 14.6. The number of halogens is 4. The van der Waals surface area contributed by atoms with Gasteiger partial charge in [-0.15, -0.1) is 0 Å². The van der Waals surface area contributed by atoms with Gasteiger partial charge < -0.3 is 0 Å². The maximum absolute atomic E-state index is 14.2. The van der Waals surface area contributed by atoms with E-state index in [1.165, 1.54) is 26.0 Å². The molecule has 0 N–H and O–H groups in total.